The average molecular weight is 252 g/mol. The molecule has 5 heteroatoms. The van der Waals surface area contributed by atoms with Gasteiger partial charge in [0.2, 0.25) is 0 Å². The zero-order valence-electron chi connectivity index (χ0n) is 10.7. The van der Waals surface area contributed by atoms with Crippen molar-refractivity contribution in [2.24, 2.45) is 0 Å². The molecule has 0 unspecified atom stereocenters. The van der Waals surface area contributed by atoms with E-state index in [1.54, 1.807) is 19.1 Å². The molecule has 0 radical (unpaired) electrons. The number of para-hydroxylation sites is 1. The molecule has 0 N–H and O–H groups in total. The minimum absolute atomic E-state index is 0.141. The number of rotatable bonds is 6. The molecule has 98 valence electrons. The highest BCUT2D eigenvalue weighted by Gasteiger charge is 2.23. The first kappa shape index (κ1) is 14.0. The van der Waals surface area contributed by atoms with E-state index in [-0.39, 0.29) is 17.9 Å². The quantitative estimate of drug-likeness (QED) is 0.439. The fourth-order valence-electron chi connectivity index (χ4n) is 1.48. The molecule has 0 aromatic heterocycles. The second-order valence-corrected chi connectivity index (χ2v) is 3.32. The monoisotopic (exact) mass is 252 g/mol. The number of benzene rings is 1. The molecule has 0 saturated heterocycles. The molecule has 1 aromatic carbocycles. The third-order valence-electron chi connectivity index (χ3n) is 2.19. The van der Waals surface area contributed by atoms with E-state index in [4.69, 9.17) is 9.47 Å². The van der Waals surface area contributed by atoms with Gasteiger partial charge in [-0.05, 0) is 26.0 Å². The molecule has 18 heavy (non-hydrogen) atoms. The van der Waals surface area contributed by atoms with E-state index in [0.29, 0.717) is 12.4 Å². The first-order chi connectivity index (χ1) is 8.65. The minimum atomic E-state index is -0.899. The van der Waals surface area contributed by atoms with E-state index in [0.717, 1.165) is 0 Å². The van der Waals surface area contributed by atoms with Gasteiger partial charge in [-0.3, -0.25) is 4.79 Å². The summed E-state index contributed by atoms with van der Waals surface area (Å²) in [7, 11) is 1.42. The van der Waals surface area contributed by atoms with Crippen LogP contribution in [0.5, 0.6) is 11.5 Å². The second-order valence-electron chi connectivity index (χ2n) is 3.32. The van der Waals surface area contributed by atoms with E-state index in [9.17, 15) is 9.59 Å². The predicted octanol–water partition coefficient (Wildman–Crippen LogP) is 1.84. The van der Waals surface area contributed by atoms with Gasteiger partial charge in [0.15, 0.2) is 11.5 Å². The number of Topliss-reactive ketones (excluding diaryl/α,β-unsaturated/α-hetero) is 1. The summed E-state index contributed by atoms with van der Waals surface area (Å²) in [5.41, 5.74) is 0.141. The minimum Gasteiger partial charge on any atom is -0.492 e. The number of methoxy groups -OCH3 is 1. The van der Waals surface area contributed by atoms with Crippen LogP contribution in [0.1, 0.15) is 24.2 Å². The molecule has 0 aliphatic heterocycles. The molecule has 0 aliphatic rings. The van der Waals surface area contributed by atoms with Crippen molar-refractivity contribution in [3.05, 3.63) is 23.8 Å². The van der Waals surface area contributed by atoms with Gasteiger partial charge in [0.05, 0.1) is 25.9 Å². The molecule has 0 aliphatic carbocycles. The summed E-state index contributed by atoms with van der Waals surface area (Å²) >= 11 is 0. The maximum absolute atomic E-state index is 11.9. The number of esters is 1. The van der Waals surface area contributed by atoms with Gasteiger partial charge in [-0.2, -0.15) is 0 Å². The third kappa shape index (κ3) is 3.00. The summed E-state index contributed by atoms with van der Waals surface area (Å²) in [6, 6.07) is 4.80. The lowest BCUT2D eigenvalue weighted by Gasteiger charge is -2.12. The smallest absolute Gasteiger partial charge is 0.379 e. The van der Waals surface area contributed by atoms with Crippen LogP contribution in [-0.2, 0) is 9.53 Å². The fraction of sp³-hybridized carbons (Fsp3) is 0.385. The summed E-state index contributed by atoms with van der Waals surface area (Å²) in [5, 5.41) is 0. The van der Waals surface area contributed by atoms with E-state index in [1.165, 1.54) is 13.2 Å². The molecular weight excluding hydrogens is 236 g/mol. The Morgan fingerprint density at radius 1 is 1.17 bits per heavy atom. The molecule has 5 nitrogen and oxygen atoms in total. The van der Waals surface area contributed by atoms with Crippen molar-refractivity contribution in [3.8, 4) is 11.5 Å². The summed E-state index contributed by atoms with van der Waals surface area (Å²) < 4.78 is 15.1. The Bertz CT molecular complexity index is 439. The molecule has 1 aromatic rings. The second kappa shape index (κ2) is 6.64. The Hall–Kier alpha value is -2.04. The predicted molar refractivity (Wildman–Crippen MR) is 65.1 cm³/mol. The Kier molecular flexibility index (Phi) is 5.17. The van der Waals surface area contributed by atoms with E-state index >= 15 is 0 Å². The fourth-order valence-corrected chi connectivity index (χ4v) is 1.48. The Morgan fingerprint density at radius 2 is 1.89 bits per heavy atom. The van der Waals surface area contributed by atoms with Crippen LogP contribution in [-0.4, -0.2) is 32.1 Å². The topological polar surface area (TPSA) is 61.8 Å². The molecule has 0 fully saturated rings. The van der Waals surface area contributed by atoms with Gasteiger partial charge < -0.3 is 14.2 Å². The molecule has 0 amide bonds. The highest BCUT2D eigenvalue weighted by molar-refractivity contribution is 6.41. The first-order valence-electron chi connectivity index (χ1n) is 5.66. The van der Waals surface area contributed by atoms with Gasteiger partial charge in [0.25, 0.3) is 5.78 Å². The van der Waals surface area contributed by atoms with Crippen LogP contribution in [0, 0.1) is 0 Å². The van der Waals surface area contributed by atoms with E-state index in [2.05, 4.69) is 4.74 Å². The van der Waals surface area contributed by atoms with Gasteiger partial charge in [0, 0.05) is 0 Å². The maximum atomic E-state index is 11.9. The first-order valence-corrected chi connectivity index (χ1v) is 5.66. The highest BCUT2D eigenvalue weighted by atomic mass is 16.5. The lowest BCUT2D eigenvalue weighted by molar-refractivity contribution is -0.137. The molecular formula is C13H16O5. The van der Waals surface area contributed by atoms with Crippen molar-refractivity contribution in [2.75, 3.05) is 20.3 Å². The number of hydrogen-bond acceptors (Lipinski definition) is 5. The lowest BCUT2D eigenvalue weighted by Crippen LogP contribution is -2.18. The van der Waals surface area contributed by atoms with Gasteiger partial charge in [0.1, 0.15) is 0 Å². The van der Waals surface area contributed by atoms with Crippen LogP contribution in [0.25, 0.3) is 0 Å². The Balaban J connectivity index is 3.11. The number of carbonyl (C=O) groups is 2. The largest absolute Gasteiger partial charge is 0.492 e. The summed E-state index contributed by atoms with van der Waals surface area (Å²) in [6.45, 7) is 4.05. The van der Waals surface area contributed by atoms with Crippen LogP contribution in [0.4, 0.5) is 0 Å². The highest BCUT2D eigenvalue weighted by Crippen LogP contribution is 2.31. The molecule has 0 spiro atoms. The van der Waals surface area contributed by atoms with Crippen molar-refractivity contribution in [3.63, 3.8) is 0 Å². The molecule has 1 rings (SSSR count). The van der Waals surface area contributed by atoms with Crippen molar-refractivity contribution in [1.82, 2.24) is 0 Å². The van der Waals surface area contributed by atoms with Crippen LogP contribution >= 0.6 is 0 Å². The Morgan fingerprint density at radius 3 is 2.44 bits per heavy atom. The summed E-state index contributed by atoms with van der Waals surface area (Å²) in [6.07, 6.45) is 0. The number of ether oxygens (including phenoxy) is 3. The maximum Gasteiger partial charge on any atom is 0.379 e. The van der Waals surface area contributed by atoms with Gasteiger partial charge in [-0.1, -0.05) is 6.07 Å². The van der Waals surface area contributed by atoms with E-state index in [1.807, 2.05) is 6.92 Å². The average Bonchev–Trinajstić information content (AvgIpc) is 2.38. The van der Waals surface area contributed by atoms with E-state index < -0.39 is 11.8 Å². The molecule has 0 heterocycles. The van der Waals surface area contributed by atoms with Gasteiger partial charge in [-0.15, -0.1) is 0 Å². The lowest BCUT2D eigenvalue weighted by atomic mass is 10.1. The van der Waals surface area contributed by atoms with Crippen LogP contribution in [0.2, 0.25) is 0 Å². The zero-order valence-corrected chi connectivity index (χ0v) is 10.7. The van der Waals surface area contributed by atoms with Crippen LogP contribution in [0.15, 0.2) is 18.2 Å². The van der Waals surface area contributed by atoms with Crippen LogP contribution in [0.3, 0.4) is 0 Å². The number of hydrogen-bond donors (Lipinski definition) is 0. The van der Waals surface area contributed by atoms with Gasteiger partial charge >= 0.3 is 5.97 Å². The SMILES string of the molecule is CCOC(=O)C(=O)c1cccc(OCC)c1OC. The van der Waals surface area contributed by atoms with Crippen molar-refractivity contribution in [1.29, 1.82) is 0 Å². The summed E-state index contributed by atoms with van der Waals surface area (Å²) in [4.78, 5) is 23.3. The van der Waals surface area contributed by atoms with Crippen LogP contribution < -0.4 is 9.47 Å². The standard InChI is InChI=1S/C13H16O5/c1-4-17-10-8-6-7-9(12(10)16-3)11(14)13(15)18-5-2/h6-8H,4-5H2,1-3H3. The molecule has 0 bridgehead atoms. The summed E-state index contributed by atoms with van der Waals surface area (Å²) in [5.74, 6) is -0.966. The number of carbonyl (C=O) groups excluding carboxylic acids is 2. The van der Waals surface area contributed by atoms with Crippen molar-refractivity contribution in [2.45, 2.75) is 13.8 Å². The van der Waals surface area contributed by atoms with Gasteiger partial charge in [-0.25, -0.2) is 4.79 Å². The molecule has 0 saturated carbocycles. The zero-order chi connectivity index (χ0) is 13.5. The molecule has 0 atom stereocenters. The van der Waals surface area contributed by atoms with Crippen molar-refractivity contribution >= 4 is 11.8 Å². The van der Waals surface area contributed by atoms with Crippen molar-refractivity contribution < 1.29 is 23.8 Å². The third-order valence-corrected chi connectivity index (χ3v) is 2.19. The normalized spacial score (nSPS) is 9.72. The number of ketones is 1. The Labute approximate surface area is 106 Å².